The van der Waals surface area contributed by atoms with Crippen molar-refractivity contribution in [1.29, 1.82) is 0 Å². The molecule has 8 heteroatoms. The molecule has 8 nitrogen and oxygen atoms in total. The van der Waals surface area contributed by atoms with E-state index in [0.29, 0.717) is 0 Å². The number of aliphatic imine (C=N–C) groups is 1. The first-order chi connectivity index (χ1) is 11.7. The number of rotatable bonds is 3. The first-order valence-corrected chi connectivity index (χ1v) is 8.16. The summed E-state index contributed by atoms with van der Waals surface area (Å²) in [7, 11) is 3.35. The highest BCUT2D eigenvalue weighted by Crippen LogP contribution is 2.35. The average molecular weight is 344 g/mol. The second-order valence-corrected chi connectivity index (χ2v) is 7.03. The minimum atomic E-state index is -1.08. The fourth-order valence-electron chi connectivity index (χ4n) is 3.21. The first-order valence-electron chi connectivity index (χ1n) is 8.16. The van der Waals surface area contributed by atoms with E-state index in [0.717, 1.165) is 17.0 Å². The summed E-state index contributed by atoms with van der Waals surface area (Å²) in [6.07, 6.45) is 2.90. The van der Waals surface area contributed by atoms with Crippen LogP contribution in [0.5, 0.6) is 0 Å². The van der Waals surface area contributed by atoms with Crippen molar-refractivity contribution >= 4 is 18.0 Å². The Balaban J connectivity index is 2.01. The zero-order valence-corrected chi connectivity index (χ0v) is 15.1. The summed E-state index contributed by atoms with van der Waals surface area (Å²) in [5.74, 6) is -0.402. The lowest BCUT2D eigenvalue weighted by Gasteiger charge is -2.33. The molecule has 2 atom stereocenters. The number of aliphatic hydroxyl groups is 1. The average Bonchev–Trinajstić information content (AvgIpc) is 3.11. The van der Waals surface area contributed by atoms with Gasteiger partial charge in [0.05, 0.1) is 22.9 Å². The van der Waals surface area contributed by atoms with Crippen LogP contribution in [-0.2, 0) is 0 Å². The van der Waals surface area contributed by atoms with Gasteiger partial charge in [0, 0.05) is 20.3 Å². The van der Waals surface area contributed by atoms with Crippen LogP contribution in [0.25, 0.3) is 5.65 Å². The number of carbonyl (C=O) groups is 1. The molecule has 2 aromatic rings. The van der Waals surface area contributed by atoms with Crippen molar-refractivity contribution in [3.63, 3.8) is 0 Å². The van der Waals surface area contributed by atoms with Gasteiger partial charge in [-0.15, -0.1) is 0 Å². The number of hydrogen-bond acceptors (Lipinski definition) is 5. The van der Waals surface area contributed by atoms with E-state index >= 15 is 0 Å². The maximum absolute atomic E-state index is 12.1. The molecule has 0 aliphatic carbocycles. The van der Waals surface area contributed by atoms with Crippen molar-refractivity contribution in [2.75, 3.05) is 14.1 Å². The molecule has 0 spiro atoms. The Hall–Kier alpha value is -2.45. The molecule has 1 aliphatic heterocycles. The lowest BCUT2D eigenvalue weighted by Crippen LogP contribution is -2.50. The van der Waals surface area contributed by atoms with Crippen molar-refractivity contribution in [3.05, 3.63) is 35.8 Å². The second-order valence-electron chi connectivity index (χ2n) is 7.03. The standard InChI is InChI=1S/C17H24N6O2/c1-11-14(22-9-7-6-8-12(22)19-11)13(17(2,3)25)15-18-10-23(20-15)16(24)21(4)5/h6-10,13,15,20,25H,1-5H3. The Labute approximate surface area is 146 Å². The zero-order valence-electron chi connectivity index (χ0n) is 15.1. The van der Waals surface area contributed by atoms with Crippen LogP contribution in [0.2, 0.25) is 0 Å². The Morgan fingerprint density at radius 1 is 1.40 bits per heavy atom. The third-order valence-corrected chi connectivity index (χ3v) is 4.33. The molecule has 0 aromatic carbocycles. The quantitative estimate of drug-likeness (QED) is 0.880. The van der Waals surface area contributed by atoms with Gasteiger partial charge in [-0.05, 0) is 32.9 Å². The molecule has 2 amide bonds. The van der Waals surface area contributed by atoms with Gasteiger partial charge in [-0.2, -0.15) is 5.43 Å². The summed E-state index contributed by atoms with van der Waals surface area (Å²) >= 11 is 0. The fraction of sp³-hybridized carbons (Fsp3) is 0.471. The van der Waals surface area contributed by atoms with E-state index in [4.69, 9.17) is 0 Å². The maximum atomic E-state index is 12.1. The number of urea groups is 1. The molecule has 2 unspecified atom stereocenters. The molecule has 2 N–H and O–H groups in total. The molecular weight excluding hydrogens is 320 g/mol. The highest BCUT2D eigenvalue weighted by molar-refractivity contribution is 5.86. The maximum Gasteiger partial charge on any atom is 0.339 e. The van der Waals surface area contributed by atoms with E-state index in [-0.39, 0.29) is 6.03 Å². The second kappa shape index (κ2) is 6.12. The van der Waals surface area contributed by atoms with Crippen LogP contribution in [0, 0.1) is 6.92 Å². The number of nitrogens with one attached hydrogen (secondary N) is 1. The number of aromatic nitrogens is 2. The van der Waals surface area contributed by atoms with Crippen LogP contribution in [0.15, 0.2) is 29.4 Å². The Morgan fingerprint density at radius 2 is 2.12 bits per heavy atom. The molecule has 0 radical (unpaired) electrons. The van der Waals surface area contributed by atoms with Crippen molar-refractivity contribution in [1.82, 2.24) is 24.7 Å². The third-order valence-electron chi connectivity index (χ3n) is 4.33. The summed E-state index contributed by atoms with van der Waals surface area (Å²) in [5, 5.41) is 12.2. The summed E-state index contributed by atoms with van der Waals surface area (Å²) in [6, 6.07) is 5.54. The summed E-state index contributed by atoms with van der Waals surface area (Å²) in [6.45, 7) is 5.41. The van der Waals surface area contributed by atoms with Gasteiger partial charge in [-0.3, -0.25) is 4.99 Å². The van der Waals surface area contributed by atoms with Gasteiger partial charge in [-0.25, -0.2) is 14.8 Å². The number of hydrazine groups is 1. The highest BCUT2D eigenvalue weighted by Gasteiger charge is 2.41. The van der Waals surface area contributed by atoms with Gasteiger partial charge in [0.15, 0.2) is 0 Å². The SMILES string of the molecule is Cc1nc2ccccn2c1C(C1N=CN(C(=O)N(C)C)N1)C(C)(C)O. The molecule has 0 saturated carbocycles. The zero-order chi connectivity index (χ0) is 18.4. The van der Waals surface area contributed by atoms with Crippen LogP contribution in [0.3, 0.4) is 0 Å². The number of imidazole rings is 1. The Bertz CT molecular complexity index is 820. The van der Waals surface area contributed by atoms with Gasteiger partial charge in [0.2, 0.25) is 0 Å². The van der Waals surface area contributed by atoms with Crippen molar-refractivity contribution in [2.45, 2.75) is 38.5 Å². The van der Waals surface area contributed by atoms with Crippen molar-refractivity contribution in [2.24, 2.45) is 4.99 Å². The van der Waals surface area contributed by atoms with E-state index in [1.807, 2.05) is 35.7 Å². The summed E-state index contributed by atoms with van der Waals surface area (Å²) in [4.78, 5) is 22.6. The number of amides is 2. The molecule has 0 bridgehead atoms. The molecule has 2 aromatic heterocycles. The van der Waals surface area contributed by atoms with Gasteiger partial charge >= 0.3 is 6.03 Å². The number of hydrogen-bond donors (Lipinski definition) is 2. The smallest absolute Gasteiger partial charge is 0.339 e. The predicted octanol–water partition coefficient (Wildman–Crippen LogP) is 1.35. The summed E-state index contributed by atoms with van der Waals surface area (Å²) < 4.78 is 1.96. The first kappa shape index (κ1) is 17.4. The van der Waals surface area contributed by atoms with Gasteiger partial charge in [-0.1, -0.05) is 6.07 Å². The fourth-order valence-corrected chi connectivity index (χ4v) is 3.21. The van der Waals surface area contributed by atoms with E-state index in [1.165, 1.54) is 16.2 Å². The number of pyridine rings is 1. The molecule has 25 heavy (non-hydrogen) atoms. The minimum absolute atomic E-state index is 0.226. The number of fused-ring (bicyclic) bond motifs is 1. The number of nitrogens with zero attached hydrogens (tertiary/aromatic N) is 5. The normalized spacial score (nSPS) is 18.8. The van der Waals surface area contributed by atoms with Crippen LogP contribution in [0.4, 0.5) is 4.79 Å². The van der Waals surface area contributed by atoms with Crippen LogP contribution < -0.4 is 5.43 Å². The highest BCUT2D eigenvalue weighted by atomic mass is 16.3. The molecular formula is C17H24N6O2. The van der Waals surface area contributed by atoms with E-state index in [9.17, 15) is 9.90 Å². The van der Waals surface area contributed by atoms with E-state index in [1.54, 1.807) is 27.9 Å². The van der Waals surface area contributed by atoms with Crippen LogP contribution in [-0.4, -0.2) is 62.6 Å². The number of carbonyl (C=O) groups excluding carboxylic acids is 1. The molecule has 3 rings (SSSR count). The molecule has 1 aliphatic rings. The van der Waals surface area contributed by atoms with Crippen LogP contribution in [0.1, 0.15) is 31.2 Å². The topological polar surface area (TPSA) is 85.5 Å². The molecule has 3 heterocycles. The Kier molecular flexibility index (Phi) is 4.26. The van der Waals surface area contributed by atoms with Gasteiger partial charge < -0.3 is 14.4 Å². The van der Waals surface area contributed by atoms with E-state index in [2.05, 4.69) is 15.4 Å². The van der Waals surface area contributed by atoms with Crippen LogP contribution >= 0.6 is 0 Å². The lowest BCUT2D eigenvalue weighted by atomic mass is 9.84. The third kappa shape index (κ3) is 3.10. The summed E-state index contributed by atoms with van der Waals surface area (Å²) in [5.41, 5.74) is 4.51. The predicted molar refractivity (Wildman–Crippen MR) is 95.3 cm³/mol. The largest absolute Gasteiger partial charge is 0.390 e. The van der Waals surface area contributed by atoms with E-state index < -0.39 is 17.7 Å². The Morgan fingerprint density at radius 3 is 2.76 bits per heavy atom. The number of aryl methyl sites for hydroxylation is 1. The van der Waals surface area contributed by atoms with Gasteiger partial charge in [0.25, 0.3) is 0 Å². The monoisotopic (exact) mass is 344 g/mol. The van der Waals surface area contributed by atoms with Gasteiger partial charge in [0.1, 0.15) is 18.2 Å². The van der Waals surface area contributed by atoms with Crippen molar-refractivity contribution < 1.29 is 9.90 Å². The lowest BCUT2D eigenvalue weighted by molar-refractivity contribution is 0.0304. The molecule has 0 fully saturated rings. The molecule has 134 valence electrons. The molecule has 0 saturated heterocycles. The van der Waals surface area contributed by atoms with Crippen molar-refractivity contribution in [3.8, 4) is 0 Å². The minimum Gasteiger partial charge on any atom is -0.390 e.